The molecule has 1 aliphatic rings. The zero-order chi connectivity index (χ0) is 11.1. The second-order valence-electron chi connectivity index (χ2n) is 4.60. The minimum absolute atomic E-state index is 0.127. The van der Waals surface area contributed by atoms with E-state index in [1.165, 1.54) is 6.42 Å². The first-order valence-corrected chi connectivity index (χ1v) is 6.80. The van der Waals surface area contributed by atoms with Crippen molar-refractivity contribution in [3.05, 3.63) is 0 Å². The van der Waals surface area contributed by atoms with E-state index in [0.717, 1.165) is 38.2 Å². The molecular formula is C12H21NOS. The summed E-state index contributed by atoms with van der Waals surface area (Å²) in [5, 5.41) is 9.13. The first-order chi connectivity index (χ1) is 7.18. The largest absolute Gasteiger partial charge is 0.381 e. The van der Waals surface area contributed by atoms with Crippen molar-refractivity contribution in [1.29, 1.82) is 5.26 Å². The number of ether oxygens (including phenoxy) is 1. The monoisotopic (exact) mass is 227 g/mol. The lowest BCUT2D eigenvalue weighted by atomic mass is 10.0. The van der Waals surface area contributed by atoms with Crippen LogP contribution in [0.5, 0.6) is 0 Å². The van der Waals surface area contributed by atoms with Gasteiger partial charge in [-0.15, -0.1) is 11.8 Å². The molecule has 0 aliphatic carbocycles. The predicted molar refractivity (Wildman–Crippen MR) is 64.9 cm³/mol. The Morgan fingerprint density at radius 1 is 1.47 bits per heavy atom. The molecule has 3 heteroatoms. The van der Waals surface area contributed by atoms with Gasteiger partial charge in [0.1, 0.15) is 4.75 Å². The number of nitrogens with zero attached hydrogens (tertiary/aromatic N) is 1. The summed E-state index contributed by atoms with van der Waals surface area (Å²) >= 11 is 1.81. The van der Waals surface area contributed by atoms with Gasteiger partial charge in [0.05, 0.1) is 6.07 Å². The molecule has 15 heavy (non-hydrogen) atoms. The lowest BCUT2D eigenvalue weighted by Gasteiger charge is -2.18. The van der Waals surface area contributed by atoms with Gasteiger partial charge < -0.3 is 4.74 Å². The van der Waals surface area contributed by atoms with Crippen molar-refractivity contribution in [2.24, 2.45) is 5.92 Å². The highest BCUT2D eigenvalue weighted by atomic mass is 32.2. The molecular weight excluding hydrogens is 206 g/mol. The second-order valence-corrected chi connectivity index (χ2v) is 6.08. The van der Waals surface area contributed by atoms with Gasteiger partial charge in [0, 0.05) is 13.2 Å². The number of thioether (sulfide) groups is 1. The van der Waals surface area contributed by atoms with Gasteiger partial charge >= 0.3 is 0 Å². The SMILES string of the molecule is CC(C)CCOCCC1(C#N)CCCS1. The maximum Gasteiger partial charge on any atom is 0.105 e. The fraction of sp³-hybridized carbons (Fsp3) is 0.917. The van der Waals surface area contributed by atoms with Crippen LogP contribution in [0.15, 0.2) is 0 Å². The van der Waals surface area contributed by atoms with Crippen molar-refractivity contribution in [3.63, 3.8) is 0 Å². The summed E-state index contributed by atoms with van der Waals surface area (Å²) in [6, 6.07) is 2.46. The molecule has 0 aromatic heterocycles. The maximum absolute atomic E-state index is 9.13. The summed E-state index contributed by atoms with van der Waals surface area (Å²) < 4.78 is 5.44. The molecule has 1 unspecified atom stereocenters. The van der Waals surface area contributed by atoms with E-state index >= 15 is 0 Å². The number of nitriles is 1. The zero-order valence-corrected chi connectivity index (χ0v) is 10.6. The van der Waals surface area contributed by atoms with E-state index in [9.17, 15) is 0 Å². The number of hydrogen-bond acceptors (Lipinski definition) is 3. The summed E-state index contributed by atoms with van der Waals surface area (Å²) in [6.07, 6.45) is 4.24. The average molecular weight is 227 g/mol. The van der Waals surface area contributed by atoms with Gasteiger partial charge in [0.15, 0.2) is 0 Å². The van der Waals surface area contributed by atoms with Crippen molar-refractivity contribution in [2.45, 2.75) is 44.3 Å². The second kappa shape index (κ2) is 6.40. The van der Waals surface area contributed by atoms with Crippen LogP contribution in [-0.2, 0) is 4.74 Å². The van der Waals surface area contributed by atoms with E-state index in [1.54, 1.807) is 0 Å². The predicted octanol–water partition coefficient (Wildman–Crippen LogP) is 3.23. The molecule has 0 spiro atoms. The Morgan fingerprint density at radius 3 is 2.80 bits per heavy atom. The highest BCUT2D eigenvalue weighted by Crippen LogP contribution is 2.40. The smallest absolute Gasteiger partial charge is 0.105 e. The molecule has 0 aromatic carbocycles. The Kier molecular flexibility index (Phi) is 5.49. The molecule has 0 N–H and O–H groups in total. The molecule has 0 radical (unpaired) electrons. The van der Waals surface area contributed by atoms with Crippen molar-refractivity contribution in [2.75, 3.05) is 19.0 Å². The first-order valence-electron chi connectivity index (χ1n) is 5.81. The van der Waals surface area contributed by atoms with Crippen LogP contribution in [-0.4, -0.2) is 23.7 Å². The van der Waals surface area contributed by atoms with E-state index in [1.807, 2.05) is 11.8 Å². The lowest BCUT2D eigenvalue weighted by molar-refractivity contribution is 0.117. The van der Waals surface area contributed by atoms with Gasteiger partial charge in [-0.3, -0.25) is 0 Å². The Bertz CT molecular complexity index is 216. The summed E-state index contributed by atoms with van der Waals surface area (Å²) in [6.45, 7) is 5.98. The van der Waals surface area contributed by atoms with Crippen LogP contribution < -0.4 is 0 Å². The summed E-state index contributed by atoms with van der Waals surface area (Å²) in [4.78, 5) is 0. The van der Waals surface area contributed by atoms with Crippen LogP contribution in [0.2, 0.25) is 0 Å². The van der Waals surface area contributed by atoms with Gasteiger partial charge in [-0.1, -0.05) is 13.8 Å². The summed E-state index contributed by atoms with van der Waals surface area (Å²) in [7, 11) is 0. The normalized spacial score (nSPS) is 25.7. The first kappa shape index (κ1) is 12.9. The Labute approximate surface area is 97.4 Å². The number of rotatable bonds is 6. The van der Waals surface area contributed by atoms with Crippen LogP contribution in [0, 0.1) is 17.2 Å². The van der Waals surface area contributed by atoms with Crippen LogP contribution in [0.3, 0.4) is 0 Å². The van der Waals surface area contributed by atoms with Gasteiger partial charge in [0.2, 0.25) is 0 Å². The molecule has 1 aliphatic heterocycles. The third kappa shape index (κ3) is 4.44. The van der Waals surface area contributed by atoms with Crippen LogP contribution >= 0.6 is 11.8 Å². The van der Waals surface area contributed by atoms with E-state index in [4.69, 9.17) is 10.00 Å². The molecule has 0 amide bonds. The van der Waals surface area contributed by atoms with Gasteiger partial charge in [-0.05, 0) is 37.4 Å². The quantitative estimate of drug-likeness (QED) is 0.653. The molecule has 1 saturated heterocycles. The molecule has 0 saturated carbocycles. The molecule has 2 nitrogen and oxygen atoms in total. The van der Waals surface area contributed by atoms with Crippen LogP contribution in [0.1, 0.15) is 39.5 Å². The molecule has 86 valence electrons. The van der Waals surface area contributed by atoms with Crippen molar-refractivity contribution >= 4 is 11.8 Å². The van der Waals surface area contributed by atoms with E-state index in [2.05, 4.69) is 19.9 Å². The highest BCUT2D eigenvalue weighted by Gasteiger charge is 2.34. The molecule has 0 bridgehead atoms. The topological polar surface area (TPSA) is 33.0 Å². The fourth-order valence-electron chi connectivity index (χ4n) is 1.70. The minimum Gasteiger partial charge on any atom is -0.381 e. The zero-order valence-electron chi connectivity index (χ0n) is 9.79. The Morgan fingerprint density at radius 2 is 2.27 bits per heavy atom. The Hall–Kier alpha value is -0.200. The Balaban J connectivity index is 2.11. The third-order valence-electron chi connectivity index (χ3n) is 2.80. The average Bonchev–Trinajstić information content (AvgIpc) is 2.66. The highest BCUT2D eigenvalue weighted by molar-refractivity contribution is 8.01. The molecule has 1 atom stereocenters. The third-order valence-corrected chi connectivity index (χ3v) is 4.34. The van der Waals surface area contributed by atoms with Crippen molar-refractivity contribution in [3.8, 4) is 6.07 Å². The maximum atomic E-state index is 9.13. The minimum atomic E-state index is -0.127. The van der Waals surface area contributed by atoms with E-state index in [0.29, 0.717) is 5.92 Å². The molecule has 1 fully saturated rings. The standard InChI is InChI=1S/C12H21NOS/c1-11(2)4-7-14-8-6-12(10-13)5-3-9-15-12/h11H,3-9H2,1-2H3. The van der Waals surface area contributed by atoms with Crippen LogP contribution in [0.25, 0.3) is 0 Å². The van der Waals surface area contributed by atoms with E-state index in [-0.39, 0.29) is 4.75 Å². The van der Waals surface area contributed by atoms with Crippen molar-refractivity contribution in [1.82, 2.24) is 0 Å². The van der Waals surface area contributed by atoms with Crippen molar-refractivity contribution < 1.29 is 4.74 Å². The van der Waals surface area contributed by atoms with Gasteiger partial charge in [-0.2, -0.15) is 5.26 Å². The summed E-state index contributed by atoms with van der Waals surface area (Å²) in [5.74, 6) is 1.84. The summed E-state index contributed by atoms with van der Waals surface area (Å²) in [5.41, 5.74) is 0. The van der Waals surface area contributed by atoms with Gasteiger partial charge in [-0.25, -0.2) is 0 Å². The number of hydrogen-bond donors (Lipinski definition) is 0. The molecule has 1 heterocycles. The molecule has 1 rings (SSSR count). The van der Waals surface area contributed by atoms with Gasteiger partial charge in [0.25, 0.3) is 0 Å². The molecule has 0 aromatic rings. The lowest BCUT2D eigenvalue weighted by Crippen LogP contribution is -2.21. The van der Waals surface area contributed by atoms with Crippen LogP contribution in [0.4, 0.5) is 0 Å². The fourth-order valence-corrected chi connectivity index (χ4v) is 2.96. The van der Waals surface area contributed by atoms with E-state index < -0.39 is 0 Å².